The van der Waals surface area contributed by atoms with Crippen LogP contribution in [0.15, 0.2) is 46.9 Å². The van der Waals surface area contributed by atoms with Gasteiger partial charge in [0.1, 0.15) is 0 Å². The Hall–Kier alpha value is -3.27. The number of nitro benzene ring substituents is 1. The summed E-state index contributed by atoms with van der Waals surface area (Å²) in [6.07, 6.45) is -0.125. The molecule has 2 amide bonds. The summed E-state index contributed by atoms with van der Waals surface area (Å²) >= 11 is 3.34. The van der Waals surface area contributed by atoms with E-state index >= 15 is 0 Å². The molecule has 0 radical (unpaired) electrons. The van der Waals surface area contributed by atoms with Crippen molar-refractivity contribution < 1.29 is 24.0 Å². The van der Waals surface area contributed by atoms with Crippen molar-refractivity contribution in [2.24, 2.45) is 0 Å². The minimum atomic E-state index is -0.646. The van der Waals surface area contributed by atoms with Crippen LogP contribution < -0.4 is 10.6 Å². The van der Waals surface area contributed by atoms with E-state index in [1.165, 1.54) is 24.3 Å². The fourth-order valence-corrected chi connectivity index (χ4v) is 2.83. The number of carbonyl (C=O) groups is 3. The van der Waals surface area contributed by atoms with Gasteiger partial charge in [-0.05, 0) is 52.7 Å². The van der Waals surface area contributed by atoms with Gasteiger partial charge in [-0.2, -0.15) is 0 Å². The zero-order valence-corrected chi connectivity index (χ0v) is 17.0. The monoisotopic (exact) mass is 463 g/mol. The Kier molecular flexibility index (Phi) is 7.84. The third-order valence-corrected chi connectivity index (χ3v) is 4.37. The van der Waals surface area contributed by atoms with Gasteiger partial charge >= 0.3 is 5.97 Å². The fraction of sp³-hybridized carbons (Fsp3) is 0.211. The van der Waals surface area contributed by atoms with E-state index in [0.29, 0.717) is 10.2 Å². The highest BCUT2D eigenvalue weighted by molar-refractivity contribution is 9.10. The Morgan fingerprint density at radius 2 is 1.83 bits per heavy atom. The van der Waals surface area contributed by atoms with Crippen LogP contribution in [0.25, 0.3) is 0 Å². The molecule has 0 fully saturated rings. The zero-order valence-electron chi connectivity index (χ0n) is 15.4. The van der Waals surface area contributed by atoms with Crippen molar-refractivity contribution >= 4 is 45.1 Å². The molecule has 0 atom stereocenters. The first-order chi connectivity index (χ1) is 13.8. The summed E-state index contributed by atoms with van der Waals surface area (Å²) in [5.41, 5.74) is 1.69. The molecule has 0 aliphatic heterocycles. The standard InChI is InChI=1S/C19H18BrN3O6/c1-12-2-7-16(15(20)10-12)22-17(24)11-29-18(25)8-9-21-19(26)13-3-5-14(6-4-13)23(27)28/h2-7,10H,8-9,11H2,1H3,(H,21,26)(H,22,24). The second kappa shape index (κ2) is 10.3. The number of anilines is 1. The Labute approximate surface area is 174 Å². The van der Waals surface area contributed by atoms with Crippen LogP contribution in [0.4, 0.5) is 11.4 Å². The van der Waals surface area contributed by atoms with Crippen LogP contribution in [0.5, 0.6) is 0 Å². The number of hydrogen-bond acceptors (Lipinski definition) is 6. The molecule has 2 aromatic carbocycles. The molecular weight excluding hydrogens is 446 g/mol. The average molecular weight is 464 g/mol. The molecule has 0 unspecified atom stereocenters. The fourth-order valence-electron chi connectivity index (χ4n) is 2.24. The number of ether oxygens (including phenoxy) is 1. The lowest BCUT2D eigenvalue weighted by Gasteiger charge is -2.09. The van der Waals surface area contributed by atoms with Gasteiger partial charge in [0.2, 0.25) is 0 Å². The Morgan fingerprint density at radius 1 is 1.14 bits per heavy atom. The van der Waals surface area contributed by atoms with Crippen LogP contribution in [0.2, 0.25) is 0 Å². The first kappa shape index (κ1) is 22.0. The first-order valence-corrected chi connectivity index (χ1v) is 9.30. The number of esters is 1. The molecular formula is C19H18BrN3O6. The Balaban J connectivity index is 1.70. The van der Waals surface area contributed by atoms with E-state index in [2.05, 4.69) is 26.6 Å². The largest absolute Gasteiger partial charge is 0.456 e. The van der Waals surface area contributed by atoms with Crippen molar-refractivity contribution in [3.05, 3.63) is 68.2 Å². The highest BCUT2D eigenvalue weighted by Gasteiger charge is 2.12. The number of carbonyl (C=O) groups excluding carboxylic acids is 3. The normalized spacial score (nSPS) is 10.1. The van der Waals surface area contributed by atoms with Crippen molar-refractivity contribution in [2.45, 2.75) is 13.3 Å². The lowest BCUT2D eigenvalue weighted by molar-refractivity contribution is -0.384. The molecule has 2 N–H and O–H groups in total. The molecule has 0 heterocycles. The molecule has 152 valence electrons. The molecule has 29 heavy (non-hydrogen) atoms. The number of non-ortho nitro benzene ring substituents is 1. The van der Waals surface area contributed by atoms with Crippen molar-refractivity contribution in [3.63, 3.8) is 0 Å². The van der Waals surface area contributed by atoms with Gasteiger partial charge < -0.3 is 15.4 Å². The number of nitrogens with zero attached hydrogens (tertiary/aromatic N) is 1. The minimum Gasteiger partial charge on any atom is -0.456 e. The number of aryl methyl sites for hydroxylation is 1. The Morgan fingerprint density at radius 3 is 2.45 bits per heavy atom. The lowest BCUT2D eigenvalue weighted by atomic mass is 10.2. The van der Waals surface area contributed by atoms with E-state index in [-0.39, 0.29) is 24.2 Å². The molecule has 9 nitrogen and oxygen atoms in total. The summed E-state index contributed by atoms with van der Waals surface area (Å²) in [5, 5.41) is 15.7. The van der Waals surface area contributed by atoms with Gasteiger partial charge in [-0.25, -0.2) is 0 Å². The number of benzene rings is 2. The second-order valence-electron chi connectivity index (χ2n) is 6.00. The molecule has 0 aliphatic rings. The van der Waals surface area contributed by atoms with Crippen molar-refractivity contribution in [2.75, 3.05) is 18.5 Å². The summed E-state index contributed by atoms with van der Waals surface area (Å²) in [6.45, 7) is 1.47. The van der Waals surface area contributed by atoms with E-state index in [1.807, 2.05) is 19.1 Å². The van der Waals surface area contributed by atoms with Crippen LogP contribution >= 0.6 is 15.9 Å². The van der Waals surface area contributed by atoms with Crippen molar-refractivity contribution in [1.29, 1.82) is 0 Å². The highest BCUT2D eigenvalue weighted by Crippen LogP contribution is 2.23. The predicted octanol–water partition coefficient (Wildman–Crippen LogP) is 2.97. The van der Waals surface area contributed by atoms with Gasteiger partial charge in [-0.3, -0.25) is 24.5 Å². The van der Waals surface area contributed by atoms with E-state index < -0.39 is 29.3 Å². The summed E-state index contributed by atoms with van der Waals surface area (Å²) < 4.78 is 5.59. The molecule has 0 aliphatic carbocycles. The smallest absolute Gasteiger partial charge is 0.308 e. The molecule has 0 spiro atoms. The van der Waals surface area contributed by atoms with Gasteiger partial charge in [0, 0.05) is 28.7 Å². The van der Waals surface area contributed by atoms with Gasteiger partial charge in [-0.1, -0.05) is 6.07 Å². The number of rotatable bonds is 8. The quantitative estimate of drug-likeness (QED) is 0.351. The van der Waals surface area contributed by atoms with Crippen LogP contribution in [0, 0.1) is 17.0 Å². The SMILES string of the molecule is Cc1ccc(NC(=O)COC(=O)CCNC(=O)c2ccc([N+](=O)[O-])cc2)c(Br)c1. The zero-order chi connectivity index (χ0) is 21.4. The molecule has 0 saturated heterocycles. The first-order valence-electron chi connectivity index (χ1n) is 8.50. The molecule has 0 aromatic heterocycles. The summed E-state index contributed by atoms with van der Waals surface area (Å²) in [4.78, 5) is 45.5. The molecule has 10 heteroatoms. The van der Waals surface area contributed by atoms with E-state index in [9.17, 15) is 24.5 Å². The van der Waals surface area contributed by atoms with E-state index in [0.717, 1.165) is 5.56 Å². The second-order valence-corrected chi connectivity index (χ2v) is 6.86. The van der Waals surface area contributed by atoms with Gasteiger partial charge in [0.25, 0.3) is 17.5 Å². The maximum atomic E-state index is 11.9. The maximum Gasteiger partial charge on any atom is 0.308 e. The Bertz CT molecular complexity index is 930. The van der Waals surface area contributed by atoms with Crippen LogP contribution in [-0.4, -0.2) is 35.9 Å². The molecule has 0 saturated carbocycles. The van der Waals surface area contributed by atoms with Crippen molar-refractivity contribution in [3.8, 4) is 0 Å². The number of amides is 2. The van der Waals surface area contributed by atoms with Gasteiger partial charge in [0.15, 0.2) is 6.61 Å². The minimum absolute atomic E-state index is 0.000215. The maximum absolute atomic E-state index is 11.9. The van der Waals surface area contributed by atoms with E-state index in [1.54, 1.807) is 6.07 Å². The van der Waals surface area contributed by atoms with Gasteiger partial charge in [0.05, 0.1) is 17.0 Å². The summed E-state index contributed by atoms with van der Waals surface area (Å²) in [7, 11) is 0. The topological polar surface area (TPSA) is 128 Å². The molecule has 2 aromatic rings. The molecule has 0 bridgehead atoms. The van der Waals surface area contributed by atoms with Crippen molar-refractivity contribution in [1.82, 2.24) is 5.32 Å². The van der Waals surface area contributed by atoms with Gasteiger partial charge in [-0.15, -0.1) is 0 Å². The number of halogens is 1. The summed E-state index contributed by atoms with van der Waals surface area (Å²) in [6, 6.07) is 10.5. The third-order valence-electron chi connectivity index (χ3n) is 3.72. The average Bonchev–Trinajstić information content (AvgIpc) is 2.68. The molecule has 2 rings (SSSR count). The summed E-state index contributed by atoms with van der Waals surface area (Å²) in [5.74, 6) is -1.61. The number of hydrogen-bond donors (Lipinski definition) is 2. The van der Waals surface area contributed by atoms with Crippen LogP contribution in [0.1, 0.15) is 22.3 Å². The predicted molar refractivity (Wildman–Crippen MR) is 109 cm³/mol. The number of nitrogens with one attached hydrogen (secondary N) is 2. The van der Waals surface area contributed by atoms with Crippen LogP contribution in [0.3, 0.4) is 0 Å². The number of nitro groups is 1. The van der Waals surface area contributed by atoms with Crippen LogP contribution in [-0.2, 0) is 14.3 Å². The highest BCUT2D eigenvalue weighted by atomic mass is 79.9. The van der Waals surface area contributed by atoms with E-state index in [4.69, 9.17) is 4.74 Å². The third kappa shape index (κ3) is 7.00. The lowest BCUT2D eigenvalue weighted by Crippen LogP contribution is -2.27.